The molecule has 0 fully saturated rings. The third-order valence-electron chi connectivity index (χ3n) is 8.23. The van der Waals surface area contributed by atoms with Gasteiger partial charge in [0.15, 0.2) is 0 Å². The normalized spacial score (nSPS) is 11.5. The predicted molar refractivity (Wildman–Crippen MR) is 173 cm³/mol. The summed E-state index contributed by atoms with van der Waals surface area (Å²) in [5.74, 6) is 0. The zero-order chi connectivity index (χ0) is 26.5. The summed E-state index contributed by atoms with van der Waals surface area (Å²) in [5.41, 5.74) is 7.57. The zero-order valence-corrected chi connectivity index (χ0v) is 22.0. The van der Waals surface area contributed by atoms with E-state index >= 15 is 0 Å². The molecule has 0 amide bonds. The fourth-order valence-electron chi connectivity index (χ4n) is 6.39. The number of hydrogen-bond acceptors (Lipinski definition) is 0. The van der Waals surface area contributed by atoms with Crippen LogP contribution in [0, 0.1) is 0 Å². The first-order chi connectivity index (χ1) is 19.8. The lowest BCUT2D eigenvalue weighted by Gasteiger charge is -2.19. The maximum absolute atomic E-state index is 2.40. The van der Waals surface area contributed by atoms with Gasteiger partial charge in [-0.3, -0.25) is 0 Å². The minimum absolute atomic E-state index is 1.24. The molecular formula is C40H26. The van der Waals surface area contributed by atoms with Gasteiger partial charge >= 0.3 is 0 Å². The van der Waals surface area contributed by atoms with E-state index in [4.69, 9.17) is 0 Å². The van der Waals surface area contributed by atoms with Crippen LogP contribution in [-0.4, -0.2) is 0 Å². The third-order valence-corrected chi connectivity index (χ3v) is 8.23. The fourth-order valence-corrected chi connectivity index (χ4v) is 6.39. The molecule has 0 radical (unpaired) electrons. The molecule has 0 heteroatoms. The number of hydrogen-bond donors (Lipinski definition) is 0. The van der Waals surface area contributed by atoms with Crippen LogP contribution < -0.4 is 0 Å². The van der Waals surface area contributed by atoms with Gasteiger partial charge in [-0.1, -0.05) is 146 Å². The van der Waals surface area contributed by atoms with Gasteiger partial charge in [0.25, 0.3) is 0 Å². The van der Waals surface area contributed by atoms with E-state index in [1.807, 2.05) is 0 Å². The van der Waals surface area contributed by atoms with Gasteiger partial charge in [-0.15, -0.1) is 0 Å². The summed E-state index contributed by atoms with van der Waals surface area (Å²) in [5, 5.41) is 10.2. The molecule has 0 saturated carbocycles. The van der Waals surface area contributed by atoms with E-state index in [1.54, 1.807) is 0 Å². The molecule has 186 valence electrons. The van der Waals surface area contributed by atoms with E-state index < -0.39 is 0 Å². The minimum Gasteiger partial charge on any atom is -0.0622 e. The molecule has 8 rings (SSSR count). The Hall–Kier alpha value is -5.20. The van der Waals surface area contributed by atoms with Crippen molar-refractivity contribution < 1.29 is 0 Å². The molecule has 0 aliphatic rings. The van der Waals surface area contributed by atoms with Crippen LogP contribution in [0.5, 0.6) is 0 Å². The Labute approximate surface area is 233 Å². The van der Waals surface area contributed by atoms with E-state index in [1.165, 1.54) is 76.5 Å². The molecule has 0 bridgehead atoms. The molecule has 0 heterocycles. The first kappa shape index (κ1) is 22.8. The molecule has 0 N–H and O–H groups in total. The number of benzene rings is 8. The molecule has 0 spiro atoms. The lowest BCUT2D eigenvalue weighted by atomic mass is 9.84. The molecule has 0 atom stereocenters. The van der Waals surface area contributed by atoms with Crippen LogP contribution in [0.25, 0.3) is 76.5 Å². The van der Waals surface area contributed by atoms with Crippen LogP contribution in [0.15, 0.2) is 158 Å². The summed E-state index contributed by atoms with van der Waals surface area (Å²) in [6, 6.07) is 57.6. The van der Waals surface area contributed by atoms with E-state index in [9.17, 15) is 0 Å². The van der Waals surface area contributed by atoms with Crippen LogP contribution >= 0.6 is 0 Å². The van der Waals surface area contributed by atoms with Gasteiger partial charge in [-0.25, -0.2) is 0 Å². The molecule has 0 aromatic heterocycles. The molecule has 0 saturated heterocycles. The van der Waals surface area contributed by atoms with Gasteiger partial charge in [0.05, 0.1) is 0 Å². The maximum Gasteiger partial charge on any atom is -0.00141 e. The molecule has 8 aromatic rings. The van der Waals surface area contributed by atoms with Gasteiger partial charge < -0.3 is 0 Å². The van der Waals surface area contributed by atoms with Gasteiger partial charge in [0.2, 0.25) is 0 Å². The Bertz CT molecular complexity index is 2200. The second kappa shape index (κ2) is 9.22. The maximum atomic E-state index is 2.40. The standard InChI is InChI=1S/C40H26/c1-2-12-29(13-3-1)35-20-9-17-32-26-38-34(31-24-23-27-11-4-5-15-30(27)25-31)19-10-22-37(38)40(39(32)35)36-21-8-16-28-14-6-7-18-33(28)36/h1-26H. The molecule has 0 aliphatic heterocycles. The lowest BCUT2D eigenvalue weighted by Crippen LogP contribution is -1.92. The summed E-state index contributed by atoms with van der Waals surface area (Å²) in [6.45, 7) is 0. The SMILES string of the molecule is c1ccc(-c2cccc3cc4c(-c5ccc6ccccc6c5)cccc4c(-c4cccc5ccccc45)c23)cc1. The smallest absolute Gasteiger partial charge is 0.00141 e. The van der Waals surface area contributed by atoms with Crippen molar-refractivity contribution in [2.45, 2.75) is 0 Å². The summed E-state index contributed by atoms with van der Waals surface area (Å²) in [4.78, 5) is 0. The van der Waals surface area contributed by atoms with E-state index in [0.717, 1.165) is 0 Å². The van der Waals surface area contributed by atoms with Crippen LogP contribution in [0.2, 0.25) is 0 Å². The largest absolute Gasteiger partial charge is 0.0622 e. The molecular weight excluding hydrogens is 480 g/mol. The van der Waals surface area contributed by atoms with E-state index in [2.05, 4.69) is 158 Å². The summed E-state index contributed by atoms with van der Waals surface area (Å²) < 4.78 is 0. The highest BCUT2D eigenvalue weighted by Crippen LogP contribution is 2.45. The van der Waals surface area contributed by atoms with Crippen molar-refractivity contribution in [2.24, 2.45) is 0 Å². The van der Waals surface area contributed by atoms with Crippen LogP contribution in [0.1, 0.15) is 0 Å². The Morgan fingerprint density at radius 3 is 1.77 bits per heavy atom. The van der Waals surface area contributed by atoms with Gasteiger partial charge in [-0.05, 0) is 88.6 Å². The van der Waals surface area contributed by atoms with Gasteiger partial charge in [0, 0.05) is 0 Å². The Morgan fingerprint density at radius 2 is 0.900 bits per heavy atom. The second-order valence-electron chi connectivity index (χ2n) is 10.5. The Kier molecular flexibility index (Phi) is 5.24. The van der Waals surface area contributed by atoms with Crippen molar-refractivity contribution in [3.63, 3.8) is 0 Å². The fraction of sp³-hybridized carbons (Fsp3) is 0. The first-order valence-corrected chi connectivity index (χ1v) is 13.9. The lowest BCUT2D eigenvalue weighted by molar-refractivity contribution is 1.64. The van der Waals surface area contributed by atoms with Crippen molar-refractivity contribution in [1.29, 1.82) is 0 Å². The summed E-state index contributed by atoms with van der Waals surface area (Å²) in [6.07, 6.45) is 0. The van der Waals surface area contributed by atoms with Gasteiger partial charge in [-0.2, -0.15) is 0 Å². The topological polar surface area (TPSA) is 0 Å². The average molecular weight is 507 g/mol. The Balaban J connectivity index is 1.54. The van der Waals surface area contributed by atoms with Crippen molar-refractivity contribution in [3.05, 3.63) is 158 Å². The average Bonchev–Trinajstić information content (AvgIpc) is 3.03. The molecule has 0 aliphatic carbocycles. The van der Waals surface area contributed by atoms with Crippen LogP contribution in [0.3, 0.4) is 0 Å². The second-order valence-corrected chi connectivity index (χ2v) is 10.5. The van der Waals surface area contributed by atoms with Crippen molar-refractivity contribution in [1.82, 2.24) is 0 Å². The highest BCUT2D eigenvalue weighted by molar-refractivity contribution is 6.22. The quantitative estimate of drug-likeness (QED) is 0.209. The summed E-state index contributed by atoms with van der Waals surface area (Å²) in [7, 11) is 0. The minimum atomic E-state index is 1.24. The van der Waals surface area contributed by atoms with Crippen LogP contribution in [0.4, 0.5) is 0 Å². The van der Waals surface area contributed by atoms with E-state index in [-0.39, 0.29) is 0 Å². The third kappa shape index (κ3) is 3.61. The van der Waals surface area contributed by atoms with Gasteiger partial charge in [0.1, 0.15) is 0 Å². The highest BCUT2D eigenvalue weighted by Gasteiger charge is 2.18. The molecule has 40 heavy (non-hydrogen) atoms. The number of fused-ring (bicyclic) bond motifs is 4. The zero-order valence-electron chi connectivity index (χ0n) is 22.0. The summed E-state index contributed by atoms with van der Waals surface area (Å²) >= 11 is 0. The highest BCUT2D eigenvalue weighted by atomic mass is 14.2. The molecule has 8 aromatic carbocycles. The predicted octanol–water partition coefficient (Wildman–Crippen LogP) is 11.3. The van der Waals surface area contributed by atoms with Crippen molar-refractivity contribution in [2.75, 3.05) is 0 Å². The number of rotatable bonds is 3. The Morgan fingerprint density at radius 1 is 0.275 bits per heavy atom. The molecule has 0 nitrogen and oxygen atoms in total. The first-order valence-electron chi connectivity index (χ1n) is 13.9. The molecule has 0 unspecified atom stereocenters. The van der Waals surface area contributed by atoms with Crippen LogP contribution in [-0.2, 0) is 0 Å². The van der Waals surface area contributed by atoms with E-state index in [0.29, 0.717) is 0 Å². The monoisotopic (exact) mass is 506 g/mol. The van der Waals surface area contributed by atoms with Crippen molar-refractivity contribution in [3.8, 4) is 33.4 Å². The van der Waals surface area contributed by atoms with Crippen molar-refractivity contribution >= 4 is 43.1 Å².